The maximum Gasteiger partial charge on any atom is 0.120 e. The fraction of sp³-hybridized carbons (Fsp3) is 0.500. The molecular formula is C6H12N2O. The lowest BCUT2D eigenvalue weighted by molar-refractivity contribution is 0.269. The van der Waals surface area contributed by atoms with Crippen molar-refractivity contribution in [2.75, 3.05) is 13.7 Å². The van der Waals surface area contributed by atoms with Crippen molar-refractivity contribution in [3.05, 3.63) is 12.3 Å². The minimum atomic E-state index is 0.350. The maximum atomic E-state index is 7.04. The Morgan fingerprint density at radius 2 is 2.44 bits per heavy atom. The van der Waals surface area contributed by atoms with Crippen LogP contribution < -0.4 is 5.32 Å². The second kappa shape index (κ2) is 5.15. The first kappa shape index (κ1) is 8.01. The van der Waals surface area contributed by atoms with Gasteiger partial charge in [-0.1, -0.05) is 0 Å². The molecule has 0 aliphatic heterocycles. The van der Waals surface area contributed by atoms with E-state index in [1.807, 2.05) is 6.92 Å². The van der Waals surface area contributed by atoms with E-state index >= 15 is 0 Å². The van der Waals surface area contributed by atoms with Crippen LogP contribution in [0.4, 0.5) is 0 Å². The van der Waals surface area contributed by atoms with Crippen molar-refractivity contribution in [2.24, 2.45) is 0 Å². The third-order valence-corrected chi connectivity index (χ3v) is 0.767. The quantitative estimate of drug-likeness (QED) is 0.334. The summed E-state index contributed by atoms with van der Waals surface area (Å²) in [6, 6.07) is 0. The predicted molar refractivity (Wildman–Crippen MR) is 37.6 cm³/mol. The molecule has 0 unspecified atom stereocenters. The van der Waals surface area contributed by atoms with Gasteiger partial charge < -0.3 is 10.1 Å². The van der Waals surface area contributed by atoms with E-state index in [9.17, 15) is 0 Å². The number of nitrogens with one attached hydrogen (secondary N) is 2. The van der Waals surface area contributed by atoms with Crippen LogP contribution >= 0.6 is 0 Å². The molecule has 0 saturated carbocycles. The lowest BCUT2D eigenvalue weighted by atomic mass is 10.6. The van der Waals surface area contributed by atoms with E-state index < -0.39 is 0 Å². The molecule has 0 rings (SSSR count). The van der Waals surface area contributed by atoms with Gasteiger partial charge in [0.05, 0.1) is 12.9 Å². The van der Waals surface area contributed by atoms with Gasteiger partial charge in [-0.05, 0) is 6.92 Å². The molecule has 0 bridgehead atoms. The van der Waals surface area contributed by atoms with Gasteiger partial charge in [0, 0.05) is 13.1 Å². The smallest absolute Gasteiger partial charge is 0.120 e. The van der Waals surface area contributed by atoms with Crippen LogP contribution in [0.1, 0.15) is 6.92 Å². The van der Waals surface area contributed by atoms with Gasteiger partial charge in [0.1, 0.15) is 5.84 Å². The Balaban J connectivity index is 3.32. The van der Waals surface area contributed by atoms with Crippen molar-refractivity contribution in [2.45, 2.75) is 6.92 Å². The van der Waals surface area contributed by atoms with Gasteiger partial charge in [0.25, 0.3) is 0 Å². The molecule has 0 aromatic carbocycles. The van der Waals surface area contributed by atoms with Gasteiger partial charge in [-0.15, -0.1) is 0 Å². The predicted octanol–water partition coefficient (Wildman–Crippen LogP) is 0.733. The van der Waals surface area contributed by atoms with E-state index in [1.165, 1.54) is 6.26 Å². The van der Waals surface area contributed by atoms with Crippen LogP contribution in [-0.4, -0.2) is 19.5 Å². The molecule has 52 valence electrons. The largest absolute Gasteiger partial charge is 0.501 e. The summed E-state index contributed by atoms with van der Waals surface area (Å²) in [6.45, 7) is 2.54. The minimum Gasteiger partial charge on any atom is -0.501 e. The van der Waals surface area contributed by atoms with Gasteiger partial charge in [0.2, 0.25) is 0 Å². The summed E-state index contributed by atoms with van der Waals surface area (Å²) in [5.74, 6) is 0.350. The highest BCUT2D eigenvalue weighted by molar-refractivity contribution is 5.89. The number of hydrogen-bond acceptors (Lipinski definition) is 2. The summed E-state index contributed by atoms with van der Waals surface area (Å²) in [5, 5.41) is 9.68. The van der Waals surface area contributed by atoms with Crippen molar-refractivity contribution < 1.29 is 4.74 Å². The third-order valence-electron chi connectivity index (χ3n) is 0.767. The molecule has 0 fully saturated rings. The summed E-state index contributed by atoms with van der Waals surface area (Å²) in [5.41, 5.74) is 0. The van der Waals surface area contributed by atoms with E-state index in [4.69, 9.17) is 10.1 Å². The van der Waals surface area contributed by atoms with E-state index in [2.05, 4.69) is 5.32 Å². The molecule has 3 heteroatoms. The van der Waals surface area contributed by atoms with E-state index in [1.54, 1.807) is 13.1 Å². The van der Waals surface area contributed by atoms with Crippen LogP contribution in [0.2, 0.25) is 0 Å². The summed E-state index contributed by atoms with van der Waals surface area (Å²) >= 11 is 0. The molecule has 0 spiro atoms. The highest BCUT2D eigenvalue weighted by Crippen LogP contribution is 1.75. The van der Waals surface area contributed by atoms with Gasteiger partial charge in [-0.2, -0.15) is 0 Å². The average Bonchev–Trinajstić information content (AvgIpc) is 1.89. The Labute approximate surface area is 55.2 Å². The van der Waals surface area contributed by atoms with Crippen molar-refractivity contribution in [1.29, 1.82) is 5.41 Å². The number of ether oxygens (including phenoxy) is 1. The molecule has 2 N–H and O–H groups in total. The van der Waals surface area contributed by atoms with Gasteiger partial charge in [-0.25, -0.2) is 0 Å². The zero-order valence-corrected chi connectivity index (χ0v) is 5.77. The summed E-state index contributed by atoms with van der Waals surface area (Å²) in [4.78, 5) is 0. The van der Waals surface area contributed by atoms with Crippen molar-refractivity contribution >= 4 is 5.84 Å². The normalized spacial score (nSPS) is 9.56. The molecule has 0 aromatic heterocycles. The van der Waals surface area contributed by atoms with Crippen LogP contribution in [0.15, 0.2) is 12.3 Å². The summed E-state index contributed by atoms with van der Waals surface area (Å²) < 4.78 is 4.84. The van der Waals surface area contributed by atoms with Gasteiger partial charge in [0.15, 0.2) is 0 Å². The van der Waals surface area contributed by atoms with E-state index in [0.29, 0.717) is 12.4 Å². The average molecular weight is 128 g/mol. The number of hydrogen-bond donors (Lipinski definition) is 2. The minimum absolute atomic E-state index is 0.350. The van der Waals surface area contributed by atoms with Gasteiger partial charge in [-0.3, -0.25) is 5.41 Å². The van der Waals surface area contributed by atoms with Crippen LogP contribution in [0, 0.1) is 5.41 Å². The standard InChI is InChI=1S/C6H12N2O/c1-3-9-5-4-6(7)8-2/h4-5H,3H2,1-2H3,(H2,7,8)/b5-4+. The first-order valence-electron chi connectivity index (χ1n) is 2.85. The van der Waals surface area contributed by atoms with Crippen LogP contribution in [-0.2, 0) is 4.74 Å². The Kier molecular flexibility index (Phi) is 4.59. The van der Waals surface area contributed by atoms with E-state index in [-0.39, 0.29) is 0 Å². The van der Waals surface area contributed by atoms with Crippen molar-refractivity contribution in [1.82, 2.24) is 5.32 Å². The molecular weight excluding hydrogens is 116 g/mol. The van der Waals surface area contributed by atoms with Gasteiger partial charge >= 0.3 is 0 Å². The molecule has 0 saturated heterocycles. The van der Waals surface area contributed by atoms with Crippen molar-refractivity contribution in [3.8, 4) is 0 Å². The third kappa shape index (κ3) is 4.87. The first-order valence-corrected chi connectivity index (χ1v) is 2.85. The lowest BCUT2D eigenvalue weighted by Crippen LogP contribution is -2.13. The summed E-state index contributed by atoms with van der Waals surface area (Å²) in [6.07, 6.45) is 3.06. The highest BCUT2D eigenvalue weighted by atomic mass is 16.5. The fourth-order valence-electron chi connectivity index (χ4n) is 0.296. The Hall–Kier alpha value is -0.990. The highest BCUT2D eigenvalue weighted by Gasteiger charge is 1.79. The molecule has 0 radical (unpaired) electrons. The Bertz CT molecular complexity index is 110. The van der Waals surface area contributed by atoms with Crippen LogP contribution in [0.25, 0.3) is 0 Å². The molecule has 0 heterocycles. The number of amidine groups is 1. The number of rotatable bonds is 3. The molecule has 0 aliphatic carbocycles. The molecule has 0 amide bonds. The fourth-order valence-corrected chi connectivity index (χ4v) is 0.296. The van der Waals surface area contributed by atoms with Crippen molar-refractivity contribution in [3.63, 3.8) is 0 Å². The van der Waals surface area contributed by atoms with Crippen LogP contribution in [0.5, 0.6) is 0 Å². The molecule has 0 atom stereocenters. The SMILES string of the molecule is CCO/C=C/C(=N)NC. The first-order chi connectivity index (χ1) is 4.31. The maximum absolute atomic E-state index is 7.04. The molecule has 9 heavy (non-hydrogen) atoms. The molecule has 0 aliphatic rings. The second-order valence-corrected chi connectivity index (χ2v) is 1.42. The topological polar surface area (TPSA) is 45.1 Å². The van der Waals surface area contributed by atoms with Crippen LogP contribution in [0.3, 0.4) is 0 Å². The molecule has 3 nitrogen and oxygen atoms in total. The zero-order chi connectivity index (χ0) is 7.11. The lowest BCUT2D eigenvalue weighted by Gasteiger charge is -1.93. The monoisotopic (exact) mass is 128 g/mol. The molecule has 0 aromatic rings. The van der Waals surface area contributed by atoms with E-state index in [0.717, 1.165) is 0 Å². The zero-order valence-electron chi connectivity index (χ0n) is 5.77. The number of likely N-dealkylation sites (N-methyl/N-ethyl adjacent to an activating group) is 1. The summed E-state index contributed by atoms with van der Waals surface area (Å²) in [7, 11) is 1.69. The second-order valence-electron chi connectivity index (χ2n) is 1.42. The Morgan fingerprint density at radius 3 is 2.89 bits per heavy atom. The Morgan fingerprint density at radius 1 is 1.78 bits per heavy atom.